The van der Waals surface area contributed by atoms with E-state index in [9.17, 15) is 8.42 Å². The predicted octanol–water partition coefficient (Wildman–Crippen LogP) is 3.04. The largest absolute Gasteiger partial charge is 0.304 e. The van der Waals surface area contributed by atoms with E-state index in [2.05, 4.69) is 11.4 Å². The lowest BCUT2D eigenvalue weighted by Crippen LogP contribution is -2.46. The maximum Gasteiger partial charge on any atom is 0.152 e. The lowest BCUT2D eigenvalue weighted by molar-refractivity contribution is 0.334. The Morgan fingerprint density at radius 2 is 2.25 bits per heavy atom. The van der Waals surface area contributed by atoms with Crippen molar-refractivity contribution in [2.45, 2.75) is 36.2 Å². The Morgan fingerprint density at radius 1 is 1.45 bits per heavy atom. The number of sulfone groups is 1. The molecular formula is C14H18ClNO2S2. The lowest BCUT2D eigenvalue weighted by atomic mass is 9.96. The van der Waals surface area contributed by atoms with Crippen molar-refractivity contribution in [2.75, 3.05) is 17.3 Å². The van der Waals surface area contributed by atoms with Crippen LogP contribution in [0.2, 0.25) is 5.02 Å². The van der Waals surface area contributed by atoms with Crippen LogP contribution in [0, 0.1) is 0 Å². The summed E-state index contributed by atoms with van der Waals surface area (Å²) in [6, 6.07) is 6.18. The molecule has 1 N–H and O–H groups in total. The Kier molecular flexibility index (Phi) is 3.82. The molecule has 2 atom stereocenters. The van der Waals surface area contributed by atoms with Gasteiger partial charge in [0, 0.05) is 21.5 Å². The van der Waals surface area contributed by atoms with Crippen LogP contribution in [-0.2, 0) is 9.84 Å². The summed E-state index contributed by atoms with van der Waals surface area (Å²) in [5.41, 5.74) is 0.893. The molecule has 0 spiro atoms. The van der Waals surface area contributed by atoms with Gasteiger partial charge in [-0.3, -0.25) is 0 Å². The summed E-state index contributed by atoms with van der Waals surface area (Å²) < 4.78 is 23.4. The zero-order valence-electron chi connectivity index (χ0n) is 11.4. The van der Waals surface area contributed by atoms with E-state index in [-0.39, 0.29) is 17.3 Å². The van der Waals surface area contributed by atoms with Gasteiger partial charge in [0.25, 0.3) is 0 Å². The van der Waals surface area contributed by atoms with Gasteiger partial charge in [0.1, 0.15) is 0 Å². The second-order valence-electron chi connectivity index (χ2n) is 5.92. The predicted molar refractivity (Wildman–Crippen MR) is 84.3 cm³/mol. The van der Waals surface area contributed by atoms with Crippen molar-refractivity contribution in [1.29, 1.82) is 0 Å². The van der Waals surface area contributed by atoms with E-state index in [1.165, 1.54) is 10.5 Å². The Labute approximate surface area is 129 Å². The van der Waals surface area contributed by atoms with Crippen LogP contribution in [0.15, 0.2) is 23.1 Å². The van der Waals surface area contributed by atoms with Gasteiger partial charge in [-0.25, -0.2) is 8.42 Å². The molecule has 3 rings (SSSR count). The summed E-state index contributed by atoms with van der Waals surface area (Å²) in [7, 11) is -2.88. The topological polar surface area (TPSA) is 46.2 Å². The van der Waals surface area contributed by atoms with Crippen LogP contribution in [0.5, 0.6) is 0 Å². The zero-order chi connectivity index (χ0) is 14.4. The van der Waals surface area contributed by atoms with Gasteiger partial charge in [-0.2, -0.15) is 0 Å². The van der Waals surface area contributed by atoms with Crippen LogP contribution in [0.4, 0.5) is 0 Å². The van der Waals surface area contributed by atoms with E-state index in [0.717, 1.165) is 17.2 Å². The highest BCUT2D eigenvalue weighted by molar-refractivity contribution is 7.99. The molecule has 2 aliphatic heterocycles. The van der Waals surface area contributed by atoms with Gasteiger partial charge in [0.15, 0.2) is 9.84 Å². The number of halogens is 1. The third kappa shape index (κ3) is 3.01. The first-order valence-electron chi connectivity index (χ1n) is 6.77. The van der Waals surface area contributed by atoms with E-state index in [0.29, 0.717) is 12.2 Å². The zero-order valence-corrected chi connectivity index (χ0v) is 13.7. The Balaban J connectivity index is 1.85. The summed E-state index contributed by atoms with van der Waals surface area (Å²) in [5, 5.41) is 4.32. The van der Waals surface area contributed by atoms with Crippen LogP contribution in [-0.4, -0.2) is 31.2 Å². The van der Waals surface area contributed by atoms with Crippen LogP contribution in [0.3, 0.4) is 0 Å². The van der Waals surface area contributed by atoms with Crippen LogP contribution < -0.4 is 5.32 Å². The number of fused-ring (bicyclic) bond motifs is 1. The molecule has 110 valence electrons. The highest BCUT2D eigenvalue weighted by atomic mass is 35.5. The van der Waals surface area contributed by atoms with Gasteiger partial charge in [-0.05, 0) is 49.3 Å². The number of thioether (sulfide) groups is 1. The molecule has 0 aromatic heterocycles. The molecule has 0 bridgehead atoms. The third-order valence-corrected chi connectivity index (χ3v) is 7.30. The quantitative estimate of drug-likeness (QED) is 0.904. The average Bonchev–Trinajstić information content (AvgIpc) is 2.64. The molecule has 2 aliphatic rings. The summed E-state index contributed by atoms with van der Waals surface area (Å²) in [4.78, 5) is 1.25. The minimum absolute atomic E-state index is 0.197. The minimum atomic E-state index is -2.88. The van der Waals surface area contributed by atoms with Crippen molar-refractivity contribution in [3.8, 4) is 0 Å². The number of hydrogen-bond acceptors (Lipinski definition) is 4. The lowest BCUT2D eigenvalue weighted by Gasteiger charge is -2.34. The van der Waals surface area contributed by atoms with Crippen molar-refractivity contribution < 1.29 is 8.42 Å². The first kappa shape index (κ1) is 14.7. The molecule has 1 aromatic rings. The minimum Gasteiger partial charge on any atom is -0.304 e. The maximum absolute atomic E-state index is 11.7. The first-order chi connectivity index (χ1) is 9.37. The second-order valence-corrected chi connectivity index (χ2v) is 9.68. The van der Waals surface area contributed by atoms with Crippen molar-refractivity contribution in [3.63, 3.8) is 0 Å². The SMILES string of the molecule is CC1(NC2CCSc3ccc(Cl)cc32)CCS(=O)(=O)C1. The number of benzene rings is 1. The van der Waals surface area contributed by atoms with Crippen LogP contribution >= 0.6 is 23.4 Å². The summed E-state index contributed by atoms with van der Waals surface area (Å²) in [6.07, 6.45) is 1.70. The second kappa shape index (κ2) is 5.20. The standard InChI is InChI=1S/C14H18ClNO2S2/c1-14(5-7-20(17,18)9-14)16-12-4-6-19-13-3-2-10(15)8-11(12)13/h2-3,8,12,16H,4-7,9H2,1H3. The molecule has 3 nitrogen and oxygen atoms in total. The van der Waals surface area contributed by atoms with E-state index in [4.69, 9.17) is 11.6 Å². The molecule has 1 saturated heterocycles. The van der Waals surface area contributed by atoms with E-state index >= 15 is 0 Å². The summed E-state index contributed by atoms with van der Waals surface area (Å²) in [6.45, 7) is 2.02. The number of hydrogen-bond donors (Lipinski definition) is 1. The van der Waals surface area contributed by atoms with Gasteiger partial charge >= 0.3 is 0 Å². The van der Waals surface area contributed by atoms with Gasteiger partial charge in [-0.15, -0.1) is 11.8 Å². The molecule has 0 amide bonds. The van der Waals surface area contributed by atoms with Crippen LogP contribution in [0.25, 0.3) is 0 Å². The average molecular weight is 332 g/mol. The third-order valence-electron chi connectivity index (χ3n) is 4.04. The van der Waals surface area contributed by atoms with Crippen molar-refractivity contribution in [2.24, 2.45) is 0 Å². The van der Waals surface area contributed by atoms with Crippen molar-refractivity contribution in [3.05, 3.63) is 28.8 Å². The molecule has 2 unspecified atom stereocenters. The molecule has 0 saturated carbocycles. The fraction of sp³-hybridized carbons (Fsp3) is 0.571. The Hall–Kier alpha value is -0.230. The normalized spacial score (nSPS) is 32.0. The van der Waals surface area contributed by atoms with E-state index in [1.807, 2.05) is 30.8 Å². The number of nitrogens with one attached hydrogen (secondary N) is 1. The molecule has 0 aliphatic carbocycles. The van der Waals surface area contributed by atoms with Crippen molar-refractivity contribution >= 4 is 33.2 Å². The van der Waals surface area contributed by atoms with Gasteiger partial charge in [0.2, 0.25) is 0 Å². The highest BCUT2D eigenvalue weighted by Gasteiger charge is 2.40. The molecule has 6 heteroatoms. The van der Waals surface area contributed by atoms with E-state index in [1.54, 1.807) is 0 Å². The Bertz CT molecular complexity index is 632. The summed E-state index contributed by atoms with van der Waals surface area (Å²) >= 11 is 7.95. The highest BCUT2D eigenvalue weighted by Crippen LogP contribution is 2.39. The van der Waals surface area contributed by atoms with Crippen LogP contribution in [0.1, 0.15) is 31.4 Å². The Morgan fingerprint density at radius 3 is 2.95 bits per heavy atom. The van der Waals surface area contributed by atoms with Gasteiger partial charge in [-0.1, -0.05) is 11.6 Å². The molecule has 0 radical (unpaired) electrons. The fourth-order valence-corrected chi connectivity index (χ4v) is 6.45. The van der Waals surface area contributed by atoms with Crippen molar-refractivity contribution in [1.82, 2.24) is 5.32 Å². The van der Waals surface area contributed by atoms with Gasteiger partial charge in [0.05, 0.1) is 11.5 Å². The number of rotatable bonds is 2. The first-order valence-corrected chi connectivity index (χ1v) is 9.96. The van der Waals surface area contributed by atoms with Gasteiger partial charge < -0.3 is 5.32 Å². The maximum atomic E-state index is 11.7. The molecule has 1 fully saturated rings. The molecular weight excluding hydrogens is 314 g/mol. The monoisotopic (exact) mass is 331 g/mol. The van der Waals surface area contributed by atoms with E-state index < -0.39 is 9.84 Å². The molecule has 1 aromatic carbocycles. The summed E-state index contributed by atoms with van der Waals surface area (Å²) in [5.74, 6) is 1.58. The smallest absolute Gasteiger partial charge is 0.152 e. The molecule has 2 heterocycles. The molecule has 20 heavy (non-hydrogen) atoms. The fourth-order valence-electron chi connectivity index (χ4n) is 3.06.